The second kappa shape index (κ2) is 3.73. The molecular weight excluding hydrogens is 156 g/mol. The van der Waals surface area contributed by atoms with E-state index in [0.29, 0.717) is 13.0 Å². The summed E-state index contributed by atoms with van der Waals surface area (Å²) >= 11 is 0. The number of hydrogen-bond donors (Lipinski definition) is 1. The van der Waals surface area contributed by atoms with Gasteiger partial charge in [-0.3, -0.25) is 0 Å². The highest BCUT2D eigenvalue weighted by molar-refractivity contribution is 4.74. The van der Waals surface area contributed by atoms with E-state index >= 15 is 0 Å². The van der Waals surface area contributed by atoms with Gasteiger partial charge in [0.2, 0.25) is 0 Å². The fraction of sp³-hybridized carbons (Fsp3) is 1.00. The second-order valence-electron chi connectivity index (χ2n) is 4.30. The highest BCUT2D eigenvalue weighted by Gasteiger charge is 2.34. The van der Waals surface area contributed by atoms with Gasteiger partial charge in [-0.15, -0.1) is 0 Å². The van der Waals surface area contributed by atoms with Crippen molar-refractivity contribution in [3.8, 4) is 0 Å². The molecule has 0 saturated carbocycles. The Morgan fingerprint density at radius 1 is 1.42 bits per heavy atom. The zero-order chi connectivity index (χ0) is 9.19. The molecule has 1 fully saturated rings. The van der Waals surface area contributed by atoms with Crippen LogP contribution in [0.2, 0.25) is 0 Å². The topological polar surface area (TPSA) is 38.7 Å². The van der Waals surface area contributed by atoms with E-state index in [4.69, 9.17) is 14.6 Å². The number of rotatable bonds is 2. The van der Waals surface area contributed by atoms with Gasteiger partial charge in [0.1, 0.15) is 0 Å². The molecule has 0 aromatic carbocycles. The average molecular weight is 174 g/mol. The molecule has 0 bridgehead atoms. The van der Waals surface area contributed by atoms with Crippen molar-refractivity contribution < 1.29 is 14.6 Å². The van der Waals surface area contributed by atoms with Crippen molar-refractivity contribution >= 4 is 0 Å². The Balaban J connectivity index is 2.35. The zero-order valence-electron chi connectivity index (χ0n) is 8.04. The molecule has 2 atom stereocenters. The molecule has 1 aliphatic rings. The van der Waals surface area contributed by atoms with E-state index in [9.17, 15) is 0 Å². The van der Waals surface area contributed by atoms with E-state index in [2.05, 4.69) is 20.8 Å². The summed E-state index contributed by atoms with van der Waals surface area (Å²) in [4.78, 5) is 0. The molecule has 0 aliphatic carbocycles. The first kappa shape index (κ1) is 9.96. The maximum atomic E-state index is 8.68. The molecule has 0 aromatic rings. The van der Waals surface area contributed by atoms with E-state index in [-0.39, 0.29) is 24.4 Å². The van der Waals surface area contributed by atoms with Gasteiger partial charge in [-0.2, -0.15) is 0 Å². The molecule has 3 heteroatoms. The SMILES string of the molecule is CC(C)(C)[C@@H]1OC[C@@H](CCO)O1. The van der Waals surface area contributed by atoms with Crippen molar-refractivity contribution in [2.75, 3.05) is 13.2 Å². The van der Waals surface area contributed by atoms with Crippen LogP contribution >= 0.6 is 0 Å². The van der Waals surface area contributed by atoms with Gasteiger partial charge in [0.25, 0.3) is 0 Å². The minimum Gasteiger partial charge on any atom is -0.396 e. The predicted octanol–water partition coefficient (Wildman–Crippen LogP) is 1.16. The van der Waals surface area contributed by atoms with Crippen LogP contribution in [0.1, 0.15) is 27.2 Å². The Kier molecular flexibility index (Phi) is 3.09. The van der Waals surface area contributed by atoms with Gasteiger partial charge < -0.3 is 14.6 Å². The largest absolute Gasteiger partial charge is 0.396 e. The van der Waals surface area contributed by atoms with E-state index in [0.717, 1.165) is 0 Å². The maximum absolute atomic E-state index is 8.68. The molecule has 12 heavy (non-hydrogen) atoms. The lowest BCUT2D eigenvalue weighted by Gasteiger charge is -2.25. The van der Waals surface area contributed by atoms with Crippen LogP contribution in [0.3, 0.4) is 0 Å². The van der Waals surface area contributed by atoms with Crippen molar-refractivity contribution in [1.29, 1.82) is 0 Å². The smallest absolute Gasteiger partial charge is 0.162 e. The molecule has 0 spiro atoms. The molecule has 1 heterocycles. The fourth-order valence-corrected chi connectivity index (χ4v) is 1.20. The molecule has 1 aliphatic heterocycles. The molecule has 1 rings (SSSR count). The molecule has 0 radical (unpaired) electrons. The summed E-state index contributed by atoms with van der Waals surface area (Å²) in [5, 5.41) is 8.68. The van der Waals surface area contributed by atoms with E-state index in [1.807, 2.05) is 0 Å². The fourth-order valence-electron chi connectivity index (χ4n) is 1.20. The van der Waals surface area contributed by atoms with Crippen LogP contribution in [0.4, 0.5) is 0 Å². The van der Waals surface area contributed by atoms with Gasteiger partial charge in [0.05, 0.1) is 12.7 Å². The standard InChI is InChI=1S/C9H18O3/c1-9(2,3)8-11-6-7(12-8)4-5-10/h7-8,10H,4-6H2,1-3H3/t7-,8-/m1/s1. The van der Waals surface area contributed by atoms with Gasteiger partial charge in [0, 0.05) is 12.0 Å². The van der Waals surface area contributed by atoms with Crippen LogP contribution < -0.4 is 0 Å². The van der Waals surface area contributed by atoms with Crippen LogP contribution in [0.25, 0.3) is 0 Å². The van der Waals surface area contributed by atoms with Crippen molar-refractivity contribution in [1.82, 2.24) is 0 Å². The second-order valence-corrected chi connectivity index (χ2v) is 4.30. The summed E-state index contributed by atoms with van der Waals surface area (Å²) in [6.07, 6.45) is 0.639. The van der Waals surface area contributed by atoms with E-state index in [1.165, 1.54) is 0 Å². The molecule has 0 amide bonds. The minimum absolute atomic E-state index is 0.0320. The van der Waals surface area contributed by atoms with Crippen LogP contribution in [-0.4, -0.2) is 30.7 Å². The molecule has 72 valence electrons. The summed E-state index contributed by atoms with van der Waals surface area (Å²) in [5.41, 5.74) is 0.0320. The van der Waals surface area contributed by atoms with Gasteiger partial charge in [-0.25, -0.2) is 0 Å². The molecule has 0 aromatic heterocycles. The minimum atomic E-state index is -0.117. The lowest BCUT2D eigenvalue weighted by atomic mass is 9.96. The van der Waals surface area contributed by atoms with Crippen molar-refractivity contribution in [3.63, 3.8) is 0 Å². The average Bonchev–Trinajstić information content (AvgIpc) is 2.35. The number of hydrogen-bond acceptors (Lipinski definition) is 3. The Hall–Kier alpha value is -0.120. The van der Waals surface area contributed by atoms with Gasteiger partial charge in [-0.05, 0) is 6.42 Å². The molecule has 1 N–H and O–H groups in total. The first-order valence-electron chi connectivity index (χ1n) is 4.42. The Morgan fingerprint density at radius 3 is 2.50 bits per heavy atom. The van der Waals surface area contributed by atoms with Gasteiger partial charge in [0.15, 0.2) is 6.29 Å². The molecule has 1 saturated heterocycles. The molecule has 3 nitrogen and oxygen atoms in total. The third-order valence-corrected chi connectivity index (χ3v) is 1.91. The molecule has 0 unspecified atom stereocenters. The first-order valence-corrected chi connectivity index (χ1v) is 4.42. The zero-order valence-corrected chi connectivity index (χ0v) is 8.04. The summed E-state index contributed by atoms with van der Waals surface area (Å²) < 4.78 is 11.0. The lowest BCUT2D eigenvalue weighted by molar-refractivity contribution is -0.125. The van der Waals surface area contributed by atoms with Crippen molar-refractivity contribution in [2.24, 2.45) is 5.41 Å². The monoisotopic (exact) mass is 174 g/mol. The highest BCUT2D eigenvalue weighted by atomic mass is 16.7. The number of aliphatic hydroxyl groups is 1. The Morgan fingerprint density at radius 2 is 2.08 bits per heavy atom. The maximum Gasteiger partial charge on any atom is 0.162 e. The third-order valence-electron chi connectivity index (χ3n) is 1.91. The molecular formula is C9H18O3. The summed E-state index contributed by atoms with van der Waals surface area (Å²) in [5.74, 6) is 0. The normalized spacial score (nSPS) is 31.0. The van der Waals surface area contributed by atoms with Gasteiger partial charge >= 0.3 is 0 Å². The van der Waals surface area contributed by atoms with Crippen LogP contribution in [0.15, 0.2) is 0 Å². The number of aliphatic hydroxyl groups excluding tert-OH is 1. The highest BCUT2D eigenvalue weighted by Crippen LogP contribution is 2.29. The lowest BCUT2D eigenvalue weighted by Crippen LogP contribution is -2.27. The summed E-state index contributed by atoms with van der Waals surface area (Å²) in [6.45, 7) is 7.03. The van der Waals surface area contributed by atoms with Crippen LogP contribution in [-0.2, 0) is 9.47 Å². The number of ether oxygens (including phenoxy) is 2. The van der Waals surface area contributed by atoms with E-state index in [1.54, 1.807) is 0 Å². The summed E-state index contributed by atoms with van der Waals surface area (Å²) in [7, 11) is 0. The quantitative estimate of drug-likeness (QED) is 0.682. The van der Waals surface area contributed by atoms with Crippen LogP contribution in [0, 0.1) is 5.41 Å². The van der Waals surface area contributed by atoms with Crippen molar-refractivity contribution in [3.05, 3.63) is 0 Å². The third kappa shape index (κ3) is 2.44. The van der Waals surface area contributed by atoms with E-state index < -0.39 is 0 Å². The Bertz CT molecular complexity index is 139. The van der Waals surface area contributed by atoms with Crippen molar-refractivity contribution in [2.45, 2.75) is 39.6 Å². The summed E-state index contributed by atoms with van der Waals surface area (Å²) in [6, 6.07) is 0. The predicted molar refractivity (Wildman–Crippen MR) is 45.8 cm³/mol. The Labute approximate surface area is 73.7 Å². The van der Waals surface area contributed by atoms with Crippen LogP contribution in [0.5, 0.6) is 0 Å². The first-order chi connectivity index (χ1) is 5.54. The van der Waals surface area contributed by atoms with Gasteiger partial charge in [-0.1, -0.05) is 20.8 Å².